The van der Waals surface area contributed by atoms with Gasteiger partial charge in [-0.15, -0.1) is 0 Å². The average molecular weight is 416 g/mol. The Morgan fingerprint density at radius 3 is 2.42 bits per heavy atom. The topological polar surface area (TPSA) is 73.1 Å². The summed E-state index contributed by atoms with van der Waals surface area (Å²) in [5, 5.41) is 3.17. The first kappa shape index (κ1) is 18.1. The Morgan fingerprint density at radius 1 is 1.08 bits per heavy atom. The van der Waals surface area contributed by atoms with E-state index in [0.717, 1.165) is 14.6 Å². The highest BCUT2D eigenvalue weighted by molar-refractivity contribution is 9.10. The molecule has 0 aliphatic heterocycles. The Hall–Kier alpha value is -2.67. The average Bonchev–Trinajstić information content (AvgIpc) is 2.61. The number of halogens is 1. The summed E-state index contributed by atoms with van der Waals surface area (Å²) in [5.74, 6) is -0.332. The SMILES string of the molecule is CCn1c(=O)c2cc(Br)ccc2n(CC(=O)Nc2ccc(C)cc2)c1=O. The zero-order valence-electron chi connectivity index (χ0n) is 14.5. The van der Waals surface area contributed by atoms with Crippen molar-refractivity contribution in [2.45, 2.75) is 26.9 Å². The lowest BCUT2D eigenvalue weighted by atomic mass is 10.2. The van der Waals surface area contributed by atoms with Crippen LogP contribution in [-0.2, 0) is 17.9 Å². The third kappa shape index (κ3) is 3.48. The van der Waals surface area contributed by atoms with Gasteiger partial charge in [-0.25, -0.2) is 4.79 Å². The van der Waals surface area contributed by atoms with Crippen LogP contribution in [0.4, 0.5) is 5.69 Å². The maximum absolute atomic E-state index is 12.7. The van der Waals surface area contributed by atoms with E-state index in [9.17, 15) is 14.4 Å². The van der Waals surface area contributed by atoms with E-state index in [4.69, 9.17) is 0 Å². The van der Waals surface area contributed by atoms with Crippen molar-refractivity contribution in [1.29, 1.82) is 0 Å². The van der Waals surface area contributed by atoms with Crippen LogP contribution >= 0.6 is 15.9 Å². The predicted molar refractivity (Wildman–Crippen MR) is 106 cm³/mol. The number of anilines is 1. The second kappa shape index (κ2) is 7.29. The second-order valence-electron chi connectivity index (χ2n) is 5.99. The molecule has 1 N–H and O–H groups in total. The molecule has 0 fully saturated rings. The zero-order chi connectivity index (χ0) is 18.8. The molecule has 0 saturated carbocycles. The number of aromatic nitrogens is 2. The molecule has 6 nitrogen and oxygen atoms in total. The first-order chi connectivity index (χ1) is 12.4. The van der Waals surface area contributed by atoms with Gasteiger partial charge >= 0.3 is 5.69 Å². The number of fused-ring (bicyclic) bond motifs is 1. The molecule has 1 aromatic heterocycles. The molecule has 0 unspecified atom stereocenters. The van der Waals surface area contributed by atoms with Gasteiger partial charge in [0.1, 0.15) is 6.54 Å². The molecule has 0 spiro atoms. The molecule has 0 aliphatic carbocycles. The Labute approximate surface area is 158 Å². The smallest absolute Gasteiger partial charge is 0.325 e. The van der Waals surface area contributed by atoms with Gasteiger partial charge in [0.25, 0.3) is 5.56 Å². The quantitative estimate of drug-likeness (QED) is 0.711. The van der Waals surface area contributed by atoms with Crippen LogP contribution < -0.4 is 16.6 Å². The summed E-state index contributed by atoms with van der Waals surface area (Å²) in [6, 6.07) is 12.5. The first-order valence-electron chi connectivity index (χ1n) is 8.20. The predicted octanol–water partition coefficient (Wildman–Crippen LogP) is 2.89. The van der Waals surface area contributed by atoms with Crippen LogP contribution in [0, 0.1) is 6.92 Å². The molecule has 3 aromatic rings. The molecule has 1 heterocycles. The lowest BCUT2D eigenvalue weighted by Crippen LogP contribution is -2.41. The molecule has 0 saturated heterocycles. The van der Waals surface area contributed by atoms with Crippen LogP contribution in [0.15, 0.2) is 56.5 Å². The van der Waals surface area contributed by atoms with E-state index >= 15 is 0 Å². The van der Waals surface area contributed by atoms with Crippen molar-refractivity contribution in [2.24, 2.45) is 0 Å². The fourth-order valence-corrected chi connectivity index (χ4v) is 3.17. The van der Waals surface area contributed by atoms with Crippen molar-refractivity contribution in [2.75, 3.05) is 5.32 Å². The van der Waals surface area contributed by atoms with Crippen molar-refractivity contribution >= 4 is 38.4 Å². The van der Waals surface area contributed by atoms with E-state index in [1.807, 2.05) is 19.1 Å². The molecule has 0 bridgehead atoms. The summed E-state index contributed by atoms with van der Waals surface area (Å²) in [4.78, 5) is 37.7. The van der Waals surface area contributed by atoms with Gasteiger partial charge in [-0.2, -0.15) is 0 Å². The number of aryl methyl sites for hydroxylation is 1. The number of nitrogens with one attached hydrogen (secondary N) is 1. The van der Waals surface area contributed by atoms with Gasteiger partial charge < -0.3 is 5.32 Å². The fourth-order valence-electron chi connectivity index (χ4n) is 2.81. The zero-order valence-corrected chi connectivity index (χ0v) is 16.0. The minimum atomic E-state index is -0.494. The van der Waals surface area contributed by atoms with Gasteiger partial charge in [0, 0.05) is 16.7 Å². The van der Waals surface area contributed by atoms with E-state index in [2.05, 4.69) is 21.2 Å². The standard InChI is InChI=1S/C19H18BrN3O3/c1-3-22-18(25)15-10-13(20)6-9-16(15)23(19(22)26)11-17(24)21-14-7-4-12(2)5-8-14/h4-10H,3,11H2,1-2H3,(H,21,24). The van der Waals surface area contributed by atoms with Crippen LogP contribution in [-0.4, -0.2) is 15.0 Å². The van der Waals surface area contributed by atoms with E-state index in [1.54, 1.807) is 37.3 Å². The maximum Gasteiger partial charge on any atom is 0.331 e. The highest BCUT2D eigenvalue weighted by atomic mass is 79.9. The van der Waals surface area contributed by atoms with Gasteiger partial charge in [-0.3, -0.25) is 18.7 Å². The number of carbonyl (C=O) groups is 1. The van der Waals surface area contributed by atoms with E-state index in [-0.39, 0.29) is 24.6 Å². The molecule has 1 amide bonds. The van der Waals surface area contributed by atoms with Crippen LogP contribution in [0.2, 0.25) is 0 Å². The Balaban J connectivity index is 2.04. The van der Waals surface area contributed by atoms with Crippen molar-refractivity contribution < 1.29 is 4.79 Å². The monoisotopic (exact) mass is 415 g/mol. The number of rotatable bonds is 4. The normalized spacial score (nSPS) is 10.9. The van der Waals surface area contributed by atoms with E-state index in [0.29, 0.717) is 16.6 Å². The molecule has 7 heteroatoms. The number of amides is 1. The third-order valence-corrected chi connectivity index (χ3v) is 4.63. The summed E-state index contributed by atoms with van der Waals surface area (Å²) < 4.78 is 3.20. The van der Waals surface area contributed by atoms with Gasteiger partial charge in [0.15, 0.2) is 0 Å². The highest BCUT2D eigenvalue weighted by Crippen LogP contribution is 2.16. The van der Waals surface area contributed by atoms with Crippen LogP contribution in [0.25, 0.3) is 10.9 Å². The molecule has 0 atom stereocenters. The minimum absolute atomic E-state index is 0.175. The Kier molecular flexibility index (Phi) is 5.08. The number of benzene rings is 2. The summed E-state index contributed by atoms with van der Waals surface area (Å²) in [6.07, 6.45) is 0. The number of hydrogen-bond donors (Lipinski definition) is 1. The highest BCUT2D eigenvalue weighted by Gasteiger charge is 2.15. The van der Waals surface area contributed by atoms with Crippen molar-refractivity contribution in [3.05, 3.63) is 73.3 Å². The summed E-state index contributed by atoms with van der Waals surface area (Å²) in [6.45, 7) is 3.75. The lowest BCUT2D eigenvalue weighted by Gasteiger charge is -2.13. The molecular weight excluding hydrogens is 398 g/mol. The summed E-state index contributed by atoms with van der Waals surface area (Å²) in [7, 11) is 0. The molecular formula is C19H18BrN3O3. The van der Waals surface area contributed by atoms with E-state index in [1.165, 1.54) is 4.57 Å². The minimum Gasteiger partial charge on any atom is -0.325 e. The molecule has 134 valence electrons. The molecule has 2 aromatic carbocycles. The summed E-state index contributed by atoms with van der Waals surface area (Å²) in [5.41, 5.74) is 1.33. The largest absolute Gasteiger partial charge is 0.331 e. The maximum atomic E-state index is 12.7. The van der Waals surface area contributed by atoms with Gasteiger partial charge in [-0.05, 0) is 44.2 Å². The summed E-state index contributed by atoms with van der Waals surface area (Å²) >= 11 is 3.34. The first-order valence-corrected chi connectivity index (χ1v) is 8.99. The van der Waals surface area contributed by atoms with Gasteiger partial charge in [-0.1, -0.05) is 33.6 Å². The van der Waals surface area contributed by atoms with Gasteiger partial charge in [0.2, 0.25) is 5.91 Å². The number of carbonyl (C=O) groups excluding carboxylic acids is 1. The van der Waals surface area contributed by atoms with Crippen molar-refractivity contribution in [1.82, 2.24) is 9.13 Å². The lowest BCUT2D eigenvalue weighted by molar-refractivity contribution is -0.116. The molecule has 0 aliphatic rings. The molecule has 3 rings (SSSR count). The van der Waals surface area contributed by atoms with Crippen LogP contribution in [0.1, 0.15) is 12.5 Å². The Bertz CT molecular complexity index is 1100. The number of hydrogen-bond acceptors (Lipinski definition) is 3. The Morgan fingerprint density at radius 2 is 1.77 bits per heavy atom. The third-order valence-electron chi connectivity index (χ3n) is 4.14. The second-order valence-corrected chi connectivity index (χ2v) is 6.91. The van der Waals surface area contributed by atoms with Crippen molar-refractivity contribution in [3.63, 3.8) is 0 Å². The van der Waals surface area contributed by atoms with Crippen LogP contribution in [0.3, 0.4) is 0 Å². The number of nitrogens with zero attached hydrogens (tertiary/aromatic N) is 2. The van der Waals surface area contributed by atoms with Gasteiger partial charge in [0.05, 0.1) is 10.9 Å². The van der Waals surface area contributed by atoms with E-state index < -0.39 is 5.69 Å². The molecule has 0 radical (unpaired) electrons. The fraction of sp³-hybridized carbons (Fsp3) is 0.211. The molecule has 26 heavy (non-hydrogen) atoms. The van der Waals surface area contributed by atoms with Crippen LogP contribution in [0.5, 0.6) is 0 Å². The van der Waals surface area contributed by atoms with Crippen molar-refractivity contribution in [3.8, 4) is 0 Å².